The highest BCUT2D eigenvalue weighted by molar-refractivity contribution is 6.40. The second kappa shape index (κ2) is 7.66. The fourth-order valence-corrected chi connectivity index (χ4v) is 4.19. The molecule has 0 aliphatic carbocycles. The molecule has 0 aliphatic heterocycles. The molecule has 6 heteroatoms. The monoisotopic (exact) mass is 423 g/mol. The quantitative estimate of drug-likeness (QED) is 0.324. The van der Waals surface area contributed by atoms with Crippen molar-refractivity contribution in [3.8, 4) is 28.0 Å². The van der Waals surface area contributed by atoms with Crippen LogP contribution >= 0.6 is 23.2 Å². The minimum absolute atomic E-state index is 0.180. The van der Waals surface area contributed by atoms with Gasteiger partial charge in [0.2, 0.25) is 0 Å². The van der Waals surface area contributed by atoms with Crippen molar-refractivity contribution in [2.45, 2.75) is 0 Å². The summed E-state index contributed by atoms with van der Waals surface area (Å²) >= 11 is 12.9. The van der Waals surface area contributed by atoms with E-state index in [0.717, 1.165) is 27.5 Å². The van der Waals surface area contributed by atoms with Gasteiger partial charge in [-0.15, -0.1) is 0 Å². The molecule has 4 nitrogen and oxygen atoms in total. The Bertz CT molecular complexity index is 1220. The number of hydrogen-bond acceptors (Lipinski definition) is 2. The Balaban J connectivity index is 1.96. The molecule has 3 N–H and O–H groups in total. The molecule has 4 rings (SSSR count). The third-order valence-electron chi connectivity index (χ3n) is 4.66. The molecule has 0 fully saturated rings. The summed E-state index contributed by atoms with van der Waals surface area (Å²) in [5.41, 5.74) is 3.29. The molecule has 29 heavy (non-hydrogen) atoms. The maximum absolute atomic E-state index is 10.9. The summed E-state index contributed by atoms with van der Waals surface area (Å²) in [6.07, 6.45) is -1.20. The fraction of sp³-hybridized carbons (Fsp3) is 0. The zero-order valence-corrected chi connectivity index (χ0v) is 16.5. The molecule has 144 valence electrons. The van der Waals surface area contributed by atoms with Gasteiger partial charge in [0.05, 0.1) is 10.0 Å². The predicted octanol–water partition coefficient (Wildman–Crippen LogP) is 7.28. The smallest absolute Gasteiger partial charge is 0.409 e. The number of rotatable bonds is 3. The standard InChI is InChI=1S/C23H15Cl2NO3/c24-18-11-14(26-23(28)29)12-19(25)22(18)17-8-4-7-16-15(17)9-10-20(27)21(16)13-5-2-1-3-6-13/h1-12,26-27H,(H,28,29). The van der Waals surface area contributed by atoms with E-state index < -0.39 is 6.09 Å². The normalized spacial score (nSPS) is 10.8. The fourth-order valence-electron chi connectivity index (χ4n) is 3.50. The highest BCUT2D eigenvalue weighted by Gasteiger charge is 2.17. The largest absolute Gasteiger partial charge is 0.507 e. The molecule has 0 atom stereocenters. The first-order valence-corrected chi connectivity index (χ1v) is 9.51. The van der Waals surface area contributed by atoms with Crippen LogP contribution in [0.2, 0.25) is 10.0 Å². The summed E-state index contributed by atoms with van der Waals surface area (Å²) in [6.45, 7) is 0. The van der Waals surface area contributed by atoms with E-state index in [1.807, 2.05) is 54.6 Å². The van der Waals surface area contributed by atoms with E-state index in [2.05, 4.69) is 5.32 Å². The predicted molar refractivity (Wildman–Crippen MR) is 118 cm³/mol. The number of hydrogen-bond donors (Lipinski definition) is 3. The highest BCUT2D eigenvalue weighted by atomic mass is 35.5. The van der Waals surface area contributed by atoms with Crippen LogP contribution < -0.4 is 5.32 Å². The molecule has 0 saturated carbocycles. The first-order chi connectivity index (χ1) is 14.0. The number of benzene rings is 4. The Morgan fingerprint density at radius 3 is 2.14 bits per heavy atom. The number of aromatic hydroxyl groups is 1. The van der Waals surface area contributed by atoms with Crippen molar-refractivity contribution in [2.24, 2.45) is 0 Å². The van der Waals surface area contributed by atoms with Gasteiger partial charge < -0.3 is 10.2 Å². The van der Waals surface area contributed by atoms with E-state index in [1.165, 1.54) is 12.1 Å². The SMILES string of the molecule is O=C(O)Nc1cc(Cl)c(-c2cccc3c(-c4ccccc4)c(O)ccc23)c(Cl)c1. The van der Waals surface area contributed by atoms with E-state index in [4.69, 9.17) is 28.3 Å². The summed E-state index contributed by atoms with van der Waals surface area (Å²) in [6, 6.07) is 21.8. The van der Waals surface area contributed by atoms with Crippen molar-refractivity contribution in [1.29, 1.82) is 0 Å². The van der Waals surface area contributed by atoms with Gasteiger partial charge in [-0.25, -0.2) is 4.79 Å². The lowest BCUT2D eigenvalue weighted by Gasteiger charge is -2.15. The summed E-state index contributed by atoms with van der Waals surface area (Å²) < 4.78 is 0. The van der Waals surface area contributed by atoms with Crippen LogP contribution in [0.4, 0.5) is 10.5 Å². The van der Waals surface area contributed by atoms with Gasteiger partial charge in [0.25, 0.3) is 0 Å². The molecule has 0 bridgehead atoms. The second-order valence-electron chi connectivity index (χ2n) is 6.47. The summed E-state index contributed by atoms with van der Waals surface area (Å²) in [5, 5.41) is 24.1. The number of halogens is 2. The van der Waals surface area contributed by atoms with E-state index >= 15 is 0 Å². The van der Waals surface area contributed by atoms with Crippen LogP contribution in [0.25, 0.3) is 33.0 Å². The number of fused-ring (bicyclic) bond motifs is 1. The Kier molecular flexibility index (Phi) is 5.05. The Morgan fingerprint density at radius 1 is 0.793 bits per heavy atom. The number of phenols is 1. The Labute approximate surface area is 176 Å². The van der Waals surface area contributed by atoms with Gasteiger partial charge in [-0.2, -0.15) is 0 Å². The average Bonchev–Trinajstić information content (AvgIpc) is 2.67. The first kappa shape index (κ1) is 19.1. The van der Waals surface area contributed by atoms with Crippen LogP contribution in [0.1, 0.15) is 0 Å². The van der Waals surface area contributed by atoms with Crippen LogP contribution in [-0.2, 0) is 0 Å². The summed E-state index contributed by atoms with van der Waals surface area (Å²) in [5.74, 6) is 0.180. The van der Waals surface area contributed by atoms with Gasteiger partial charge in [0.15, 0.2) is 0 Å². The first-order valence-electron chi connectivity index (χ1n) is 8.75. The maximum Gasteiger partial charge on any atom is 0.409 e. The number of carbonyl (C=O) groups is 1. The number of carboxylic acid groups (broad SMARTS) is 1. The molecule has 0 aromatic heterocycles. The summed E-state index contributed by atoms with van der Waals surface area (Å²) in [4.78, 5) is 10.9. The van der Waals surface area contributed by atoms with Crippen LogP contribution in [0.3, 0.4) is 0 Å². The van der Waals surface area contributed by atoms with E-state index in [0.29, 0.717) is 21.3 Å². The Morgan fingerprint density at radius 2 is 1.48 bits per heavy atom. The number of anilines is 1. The molecule has 0 heterocycles. The summed E-state index contributed by atoms with van der Waals surface area (Å²) in [7, 11) is 0. The lowest BCUT2D eigenvalue weighted by atomic mass is 9.92. The zero-order valence-electron chi connectivity index (χ0n) is 15.0. The van der Waals surface area contributed by atoms with Crippen molar-refractivity contribution < 1.29 is 15.0 Å². The molecule has 0 unspecified atom stereocenters. The van der Waals surface area contributed by atoms with Gasteiger partial charge in [0.1, 0.15) is 5.75 Å². The van der Waals surface area contributed by atoms with Gasteiger partial charge >= 0.3 is 6.09 Å². The molecular weight excluding hydrogens is 409 g/mol. The molecule has 1 amide bonds. The number of phenolic OH excluding ortho intramolecular Hbond substituents is 1. The lowest BCUT2D eigenvalue weighted by molar-refractivity contribution is 0.210. The van der Waals surface area contributed by atoms with Crippen molar-refractivity contribution in [3.05, 3.63) is 82.8 Å². The van der Waals surface area contributed by atoms with E-state index in [-0.39, 0.29) is 5.75 Å². The third-order valence-corrected chi connectivity index (χ3v) is 5.26. The lowest BCUT2D eigenvalue weighted by Crippen LogP contribution is -2.07. The van der Waals surface area contributed by atoms with Crippen molar-refractivity contribution in [2.75, 3.05) is 5.32 Å². The second-order valence-corrected chi connectivity index (χ2v) is 7.29. The van der Waals surface area contributed by atoms with Crippen LogP contribution in [-0.4, -0.2) is 16.3 Å². The molecule has 4 aromatic carbocycles. The van der Waals surface area contributed by atoms with Gasteiger partial charge in [-0.1, -0.05) is 77.8 Å². The van der Waals surface area contributed by atoms with E-state index in [1.54, 1.807) is 6.07 Å². The van der Waals surface area contributed by atoms with Gasteiger partial charge in [-0.05, 0) is 40.1 Å². The molecule has 0 saturated heterocycles. The minimum atomic E-state index is -1.20. The highest BCUT2D eigenvalue weighted by Crippen LogP contribution is 2.44. The van der Waals surface area contributed by atoms with Crippen LogP contribution in [0, 0.1) is 0 Å². The minimum Gasteiger partial charge on any atom is -0.507 e. The van der Waals surface area contributed by atoms with Crippen molar-refractivity contribution in [1.82, 2.24) is 0 Å². The van der Waals surface area contributed by atoms with Gasteiger partial charge in [-0.3, -0.25) is 5.32 Å². The van der Waals surface area contributed by atoms with Crippen LogP contribution in [0.5, 0.6) is 5.75 Å². The number of nitrogens with one attached hydrogen (secondary N) is 1. The topological polar surface area (TPSA) is 69.6 Å². The van der Waals surface area contributed by atoms with Crippen LogP contribution in [0.15, 0.2) is 72.8 Å². The molecular formula is C23H15Cl2NO3. The molecule has 0 aliphatic rings. The number of amides is 1. The molecule has 4 aromatic rings. The third kappa shape index (κ3) is 3.60. The van der Waals surface area contributed by atoms with Gasteiger partial charge in [0, 0.05) is 16.8 Å². The molecule has 0 spiro atoms. The maximum atomic E-state index is 10.9. The average molecular weight is 424 g/mol. The Hall–Kier alpha value is -3.21. The zero-order chi connectivity index (χ0) is 20.5. The van der Waals surface area contributed by atoms with E-state index in [9.17, 15) is 9.90 Å². The van der Waals surface area contributed by atoms with Crippen molar-refractivity contribution in [3.63, 3.8) is 0 Å². The van der Waals surface area contributed by atoms with Crippen molar-refractivity contribution >= 4 is 45.8 Å². The molecule has 0 radical (unpaired) electrons.